The summed E-state index contributed by atoms with van der Waals surface area (Å²) < 4.78 is 61.5. The molecule has 0 aromatic carbocycles. The Morgan fingerprint density at radius 3 is 1.81 bits per heavy atom. The summed E-state index contributed by atoms with van der Waals surface area (Å²) in [7, 11) is 0. The van der Waals surface area contributed by atoms with Crippen molar-refractivity contribution in [1.82, 2.24) is 0 Å². The number of cyclic esters (lactones) is 2. The lowest BCUT2D eigenvalue weighted by Crippen LogP contribution is -2.36. The standard InChI is InChI=1S/C3H3ClO3.C3H2F4O2/c4-2-1-6-3(5)7-2;4-2(5)3(6,7)9-1-8-2/h2H,1H2;1H2. The van der Waals surface area contributed by atoms with Crippen LogP contribution in [0.5, 0.6) is 0 Å². The molecule has 0 aliphatic carbocycles. The van der Waals surface area contributed by atoms with E-state index in [2.05, 4.69) is 18.9 Å². The van der Waals surface area contributed by atoms with Gasteiger partial charge < -0.3 is 9.47 Å². The molecule has 10 heteroatoms. The van der Waals surface area contributed by atoms with E-state index < -0.39 is 30.7 Å². The number of halogens is 5. The summed E-state index contributed by atoms with van der Waals surface area (Å²) in [5.74, 6) is 0. The van der Waals surface area contributed by atoms with Crippen LogP contribution < -0.4 is 0 Å². The molecule has 2 aliphatic heterocycles. The van der Waals surface area contributed by atoms with Gasteiger partial charge in [0, 0.05) is 0 Å². The van der Waals surface area contributed by atoms with Gasteiger partial charge in [0.15, 0.2) is 6.79 Å². The van der Waals surface area contributed by atoms with Crippen molar-refractivity contribution in [2.45, 2.75) is 17.8 Å². The average molecular weight is 269 g/mol. The maximum atomic E-state index is 11.6. The molecule has 2 saturated heterocycles. The molecule has 2 aliphatic rings. The molecule has 1 atom stereocenters. The van der Waals surface area contributed by atoms with E-state index in [1.807, 2.05) is 0 Å². The van der Waals surface area contributed by atoms with Crippen LogP contribution in [0.1, 0.15) is 0 Å². The van der Waals surface area contributed by atoms with Gasteiger partial charge >= 0.3 is 18.4 Å². The van der Waals surface area contributed by atoms with Gasteiger partial charge in [-0.3, -0.25) is 9.47 Å². The van der Waals surface area contributed by atoms with Gasteiger partial charge in [-0.15, -0.1) is 0 Å². The smallest absolute Gasteiger partial charge is 0.429 e. The van der Waals surface area contributed by atoms with Crippen molar-refractivity contribution < 1.29 is 41.3 Å². The van der Waals surface area contributed by atoms with Gasteiger partial charge in [-0.05, 0) is 0 Å². The van der Waals surface area contributed by atoms with Crippen LogP contribution in [0.3, 0.4) is 0 Å². The van der Waals surface area contributed by atoms with E-state index in [0.717, 1.165) is 0 Å². The van der Waals surface area contributed by atoms with Gasteiger partial charge in [0.25, 0.3) is 0 Å². The Morgan fingerprint density at radius 1 is 1.19 bits per heavy atom. The zero-order valence-corrected chi connectivity index (χ0v) is 8.18. The molecule has 2 rings (SSSR count). The van der Waals surface area contributed by atoms with Gasteiger partial charge in [0.05, 0.1) is 0 Å². The molecular weight excluding hydrogens is 264 g/mol. The van der Waals surface area contributed by atoms with Gasteiger partial charge in [-0.2, -0.15) is 17.6 Å². The Balaban J connectivity index is 0.000000165. The first-order valence-electron chi connectivity index (χ1n) is 3.75. The number of ether oxygens (including phenoxy) is 4. The van der Waals surface area contributed by atoms with Crippen LogP contribution in [0.25, 0.3) is 0 Å². The lowest BCUT2D eigenvalue weighted by Gasteiger charge is -2.12. The second-order valence-electron chi connectivity index (χ2n) is 2.53. The van der Waals surface area contributed by atoms with E-state index in [9.17, 15) is 22.4 Å². The second kappa shape index (κ2) is 4.60. The normalized spacial score (nSPS) is 30.1. The van der Waals surface area contributed by atoms with Crippen LogP contribution in [0.2, 0.25) is 0 Å². The summed E-state index contributed by atoms with van der Waals surface area (Å²) in [6.45, 7) is -0.902. The summed E-state index contributed by atoms with van der Waals surface area (Å²) in [5.41, 5.74) is -0.576. The maximum Gasteiger partial charge on any atom is 0.510 e. The lowest BCUT2D eigenvalue weighted by molar-refractivity contribution is -0.344. The van der Waals surface area contributed by atoms with Crippen LogP contribution in [-0.2, 0) is 18.9 Å². The van der Waals surface area contributed by atoms with E-state index >= 15 is 0 Å². The number of hydrogen-bond acceptors (Lipinski definition) is 5. The van der Waals surface area contributed by atoms with Gasteiger partial charge in [-0.25, -0.2) is 4.79 Å². The molecule has 16 heavy (non-hydrogen) atoms. The van der Waals surface area contributed by atoms with E-state index in [0.29, 0.717) is 0 Å². The lowest BCUT2D eigenvalue weighted by atomic mass is 10.6. The molecule has 0 bridgehead atoms. The van der Waals surface area contributed by atoms with E-state index in [-0.39, 0.29) is 6.61 Å². The van der Waals surface area contributed by atoms with Gasteiger partial charge in [0.2, 0.25) is 5.56 Å². The van der Waals surface area contributed by atoms with Crippen molar-refractivity contribution in [3.63, 3.8) is 0 Å². The maximum absolute atomic E-state index is 11.6. The summed E-state index contributed by atoms with van der Waals surface area (Å²) in [5, 5.41) is 0. The molecule has 0 radical (unpaired) electrons. The Labute approximate surface area is 91.1 Å². The summed E-state index contributed by atoms with van der Waals surface area (Å²) in [6.07, 6.45) is -9.61. The molecule has 2 fully saturated rings. The SMILES string of the molecule is FC1(F)OCOC1(F)F.O=C1OCC(Cl)O1. The molecule has 2 heterocycles. The summed E-state index contributed by atoms with van der Waals surface area (Å²) in [6, 6.07) is 0. The highest BCUT2D eigenvalue weighted by atomic mass is 35.5. The molecule has 0 aromatic rings. The Kier molecular flexibility index (Phi) is 3.81. The molecule has 0 aromatic heterocycles. The Hall–Kier alpha value is -0.800. The fraction of sp³-hybridized carbons (Fsp3) is 0.833. The van der Waals surface area contributed by atoms with Crippen molar-refractivity contribution in [2.75, 3.05) is 13.4 Å². The molecule has 5 nitrogen and oxygen atoms in total. The minimum atomic E-state index is -4.47. The number of alkyl halides is 5. The molecule has 0 spiro atoms. The predicted octanol–water partition coefficient (Wildman–Crippen LogP) is 1.89. The molecular formula is C6H5ClF4O5. The average Bonchev–Trinajstić information content (AvgIpc) is 2.59. The third-order valence-corrected chi connectivity index (χ3v) is 1.59. The van der Waals surface area contributed by atoms with Crippen LogP contribution in [0.15, 0.2) is 0 Å². The number of hydrogen-bond donors (Lipinski definition) is 0. The summed E-state index contributed by atoms with van der Waals surface area (Å²) in [4.78, 5) is 9.92. The highest BCUT2D eigenvalue weighted by Crippen LogP contribution is 2.40. The molecule has 1 unspecified atom stereocenters. The van der Waals surface area contributed by atoms with Crippen LogP contribution >= 0.6 is 11.6 Å². The topological polar surface area (TPSA) is 54.0 Å². The first kappa shape index (κ1) is 13.3. The third kappa shape index (κ3) is 3.09. The van der Waals surface area contributed by atoms with Gasteiger partial charge in [0.1, 0.15) is 6.61 Å². The monoisotopic (exact) mass is 268 g/mol. The summed E-state index contributed by atoms with van der Waals surface area (Å²) >= 11 is 5.24. The zero-order valence-electron chi connectivity index (χ0n) is 7.42. The van der Waals surface area contributed by atoms with Gasteiger partial charge in [-0.1, -0.05) is 11.6 Å². The molecule has 0 amide bonds. The van der Waals surface area contributed by atoms with Crippen LogP contribution in [0.4, 0.5) is 22.4 Å². The first-order chi connectivity index (χ1) is 7.24. The number of carbonyl (C=O) groups is 1. The number of carbonyl (C=O) groups excluding carboxylic acids is 1. The van der Waals surface area contributed by atoms with E-state index in [4.69, 9.17) is 11.6 Å². The quantitative estimate of drug-likeness (QED) is 0.381. The zero-order chi connectivity index (χ0) is 12.4. The highest BCUT2D eigenvalue weighted by molar-refractivity contribution is 6.20. The minimum absolute atomic E-state index is 0.167. The first-order valence-corrected chi connectivity index (χ1v) is 4.19. The van der Waals surface area contributed by atoms with Crippen molar-refractivity contribution in [1.29, 1.82) is 0 Å². The fourth-order valence-electron chi connectivity index (χ4n) is 0.652. The predicted molar refractivity (Wildman–Crippen MR) is 39.0 cm³/mol. The highest BCUT2D eigenvalue weighted by Gasteiger charge is 2.64. The van der Waals surface area contributed by atoms with Crippen LogP contribution in [-0.4, -0.2) is 37.3 Å². The van der Waals surface area contributed by atoms with E-state index in [1.165, 1.54) is 0 Å². The molecule has 94 valence electrons. The Bertz CT molecular complexity index is 260. The third-order valence-electron chi connectivity index (χ3n) is 1.38. The van der Waals surface area contributed by atoms with Crippen molar-refractivity contribution in [2.24, 2.45) is 0 Å². The molecule has 0 saturated carbocycles. The van der Waals surface area contributed by atoms with Crippen molar-refractivity contribution in [3.05, 3.63) is 0 Å². The van der Waals surface area contributed by atoms with Crippen LogP contribution in [0, 0.1) is 0 Å². The minimum Gasteiger partial charge on any atom is -0.429 e. The largest absolute Gasteiger partial charge is 0.510 e. The Morgan fingerprint density at radius 2 is 1.69 bits per heavy atom. The second-order valence-corrected chi connectivity index (χ2v) is 3.02. The van der Waals surface area contributed by atoms with Crippen molar-refractivity contribution >= 4 is 17.8 Å². The van der Waals surface area contributed by atoms with E-state index in [1.54, 1.807) is 0 Å². The fourth-order valence-corrected chi connectivity index (χ4v) is 0.787. The molecule has 0 N–H and O–H groups in total. The number of rotatable bonds is 0. The van der Waals surface area contributed by atoms with Crippen molar-refractivity contribution in [3.8, 4) is 0 Å².